The second-order valence-electron chi connectivity index (χ2n) is 7.94. The van der Waals surface area contributed by atoms with Crippen molar-refractivity contribution in [1.29, 1.82) is 0 Å². The Hall–Kier alpha value is -2.55. The van der Waals surface area contributed by atoms with E-state index < -0.39 is 6.10 Å². The van der Waals surface area contributed by atoms with E-state index in [9.17, 15) is 9.90 Å². The maximum atomic E-state index is 12.5. The molecule has 1 fully saturated rings. The quantitative estimate of drug-likeness (QED) is 0.630. The second kappa shape index (κ2) is 9.97. The van der Waals surface area contributed by atoms with E-state index in [-0.39, 0.29) is 12.5 Å². The number of rotatable bonds is 7. The SMILES string of the molecule is O=C(NC[C@H](O)CN1CCc2ccccc2C1)c1cc(NC2CCOCC2)ncn1. The van der Waals surface area contributed by atoms with Gasteiger partial charge in [-0.05, 0) is 30.4 Å². The molecular formula is C22H29N5O3. The molecule has 8 nitrogen and oxygen atoms in total. The van der Waals surface area contributed by atoms with Crippen molar-refractivity contribution in [3.8, 4) is 0 Å². The summed E-state index contributed by atoms with van der Waals surface area (Å²) in [6, 6.07) is 10.4. The van der Waals surface area contributed by atoms with Crippen LogP contribution in [0, 0.1) is 0 Å². The average molecular weight is 412 g/mol. The van der Waals surface area contributed by atoms with Crippen LogP contribution >= 0.6 is 0 Å². The fourth-order valence-electron chi connectivity index (χ4n) is 3.99. The number of fused-ring (bicyclic) bond motifs is 1. The Morgan fingerprint density at radius 2 is 2.03 bits per heavy atom. The number of aromatic nitrogens is 2. The minimum Gasteiger partial charge on any atom is -0.390 e. The Labute approximate surface area is 176 Å². The molecule has 1 amide bonds. The summed E-state index contributed by atoms with van der Waals surface area (Å²) in [5, 5.41) is 16.5. The maximum Gasteiger partial charge on any atom is 0.270 e. The Morgan fingerprint density at radius 1 is 1.23 bits per heavy atom. The Morgan fingerprint density at radius 3 is 2.87 bits per heavy atom. The molecular weight excluding hydrogens is 382 g/mol. The molecule has 0 unspecified atom stereocenters. The van der Waals surface area contributed by atoms with Gasteiger partial charge in [0.15, 0.2) is 0 Å². The van der Waals surface area contributed by atoms with Crippen molar-refractivity contribution in [2.45, 2.75) is 38.0 Å². The molecule has 1 atom stereocenters. The first-order valence-electron chi connectivity index (χ1n) is 10.6. The number of ether oxygens (including phenoxy) is 1. The molecule has 2 aliphatic heterocycles. The first-order valence-corrected chi connectivity index (χ1v) is 10.6. The summed E-state index contributed by atoms with van der Waals surface area (Å²) in [4.78, 5) is 23.0. The highest BCUT2D eigenvalue weighted by atomic mass is 16.5. The number of β-amino-alcohol motifs (C(OH)–C–C–N with tert-alkyl or cyclic N) is 1. The average Bonchev–Trinajstić information content (AvgIpc) is 2.78. The first-order chi connectivity index (χ1) is 14.7. The molecule has 3 N–H and O–H groups in total. The zero-order valence-electron chi connectivity index (χ0n) is 17.1. The summed E-state index contributed by atoms with van der Waals surface area (Å²) >= 11 is 0. The van der Waals surface area contributed by atoms with E-state index in [1.807, 2.05) is 6.07 Å². The minimum absolute atomic E-state index is 0.184. The lowest BCUT2D eigenvalue weighted by Gasteiger charge is -2.30. The monoisotopic (exact) mass is 411 g/mol. The summed E-state index contributed by atoms with van der Waals surface area (Å²) in [5.41, 5.74) is 2.98. The first kappa shape index (κ1) is 20.7. The predicted molar refractivity (Wildman–Crippen MR) is 113 cm³/mol. The minimum atomic E-state index is -0.638. The van der Waals surface area contributed by atoms with Crippen LogP contribution in [0.5, 0.6) is 0 Å². The third-order valence-corrected chi connectivity index (χ3v) is 5.65. The number of benzene rings is 1. The number of aliphatic hydroxyl groups excluding tert-OH is 1. The molecule has 1 aromatic carbocycles. The highest BCUT2D eigenvalue weighted by Gasteiger charge is 2.20. The van der Waals surface area contributed by atoms with Crippen LogP contribution in [-0.4, -0.2) is 70.9 Å². The van der Waals surface area contributed by atoms with Gasteiger partial charge in [0.1, 0.15) is 17.8 Å². The van der Waals surface area contributed by atoms with E-state index in [0.29, 0.717) is 24.1 Å². The van der Waals surface area contributed by atoms with E-state index in [1.165, 1.54) is 17.5 Å². The lowest BCUT2D eigenvalue weighted by atomic mass is 10.00. The van der Waals surface area contributed by atoms with Crippen molar-refractivity contribution in [2.24, 2.45) is 0 Å². The van der Waals surface area contributed by atoms with Crippen molar-refractivity contribution in [1.82, 2.24) is 20.2 Å². The standard InChI is InChI=1S/C22H29N5O3/c28-19(14-27-8-5-16-3-1-2-4-17(16)13-27)12-23-22(29)20-11-21(25-15-24-20)26-18-6-9-30-10-7-18/h1-4,11,15,18-19,28H,5-10,12-14H2,(H,23,29)(H,24,25,26)/t19-/m0/s1. The normalized spacial score (nSPS) is 18.4. The molecule has 0 bridgehead atoms. The van der Waals surface area contributed by atoms with Gasteiger partial charge in [0, 0.05) is 51.5 Å². The number of carbonyl (C=O) groups excluding carboxylic acids is 1. The number of aliphatic hydroxyl groups is 1. The molecule has 2 aromatic rings. The molecule has 30 heavy (non-hydrogen) atoms. The Bertz CT molecular complexity index is 856. The van der Waals surface area contributed by atoms with Crippen molar-refractivity contribution in [3.63, 3.8) is 0 Å². The number of anilines is 1. The van der Waals surface area contributed by atoms with Gasteiger partial charge in [-0.2, -0.15) is 0 Å². The lowest BCUT2D eigenvalue weighted by molar-refractivity contribution is 0.0837. The molecule has 3 heterocycles. The van der Waals surface area contributed by atoms with Gasteiger partial charge < -0.3 is 20.5 Å². The van der Waals surface area contributed by atoms with Gasteiger partial charge in [0.2, 0.25) is 0 Å². The van der Waals surface area contributed by atoms with Gasteiger partial charge in [-0.15, -0.1) is 0 Å². The number of nitrogens with zero attached hydrogens (tertiary/aromatic N) is 3. The molecule has 4 rings (SSSR count). The highest BCUT2D eigenvalue weighted by molar-refractivity contribution is 5.92. The van der Waals surface area contributed by atoms with Crippen LogP contribution in [0.1, 0.15) is 34.5 Å². The molecule has 160 valence electrons. The van der Waals surface area contributed by atoms with E-state index in [0.717, 1.165) is 45.6 Å². The molecule has 1 aromatic heterocycles. The summed E-state index contributed by atoms with van der Waals surface area (Å²) in [5.74, 6) is 0.324. The van der Waals surface area contributed by atoms with Gasteiger partial charge in [-0.3, -0.25) is 9.69 Å². The van der Waals surface area contributed by atoms with Crippen LogP contribution in [0.25, 0.3) is 0 Å². The third-order valence-electron chi connectivity index (χ3n) is 5.65. The van der Waals surface area contributed by atoms with Crippen molar-refractivity contribution in [3.05, 3.63) is 53.5 Å². The molecule has 8 heteroatoms. The van der Waals surface area contributed by atoms with Crippen LogP contribution < -0.4 is 10.6 Å². The molecule has 1 saturated heterocycles. The molecule has 0 radical (unpaired) electrons. The predicted octanol–water partition coefficient (Wildman–Crippen LogP) is 1.22. The van der Waals surface area contributed by atoms with E-state index in [1.54, 1.807) is 6.07 Å². The Kier molecular flexibility index (Phi) is 6.88. The second-order valence-corrected chi connectivity index (χ2v) is 7.94. The molecule has 2 aliphatic rings. The zero-order chi connectivity index (χ0) is 20.8. The van der Waals surface area contributed by atoms with Gasteiger partial charge in [-0.25, -0.2) is 9.97 Å². The zero-order valence-corrected chi connectivity index (χ0v) is 17.1. The number of carbonyl (C=O) groups is 1. The fraction of sp³-hybridized carbons (Fsp3) is 0.500. The fourth-order valence-corrected chi connectivity index (χ4v) is 3.99. The highest BCUT2D eigenvalue weighted by Crippen LogP contribution is 2.18. The molecule has 0 saturated carbocycles. The third kappa shape index (κ3) is 5.53. The van der Waals surface area contributed by atoms with Crippen molar-refractivity contribution in [2.75, 3.05) is 38.2 Å². The number of amides is 1. The van der Waals surface area contributed by atoms with Gasteiger partial charge >= 0.3 is 0 Å². The van der Waals surface area contributed by atoms with Crippen molar-refractivity contribution < 1.29 is 14.6 Å². The summed E-state index contributed by atoms with van der Waals surface area (Å²) in [6.07, 6.45) is 3.56. The van der Waals surface area contributed by atoms with Crippen LogP contribution in [-0.2, 0) is 17.7 Å². The van der Waals surface area contributed by atoms with Gasteiger partial charge in [-0.1, -0.05) is 24.3 Å². The van der Waals surface area contributed by atoms with E-state index >= 15 is 0 Å². The van der Waals surface area contributed by atoms with Crippen LogP contribution in [0.15, 0.2) is 36.7 Å². The smallest absolute Gasteiger partial charge is 0.270 e. The number of hydrogen-bond acceptors (Lipinski definition) is 7. The summed E-state index contributed by atoms with van der Waals surface area (Å²) in [6.45, 7) is 3.91. The van der Waals surface area contributed by atoms with Gasteiger partial charge in [0.05, 0.1) is 6.10 Å². The van der Waals surface area contributed by atoms with E-state index in [4.69, 9.17) is 4.74 Å². The van der Waals surface area contributed by atoms with Gasteiger partial charge in [0.25, 0.3) is 5.91 Å². The maximum absolute atomic E-state index is 12.5. The number of nitrogens with one attached hydrogen (secondary N) is 2. The van der Waals surface area contributed by atoms with E-state index in [2.05, 4.69) is 43.7 Å². The number of hydrogen-bond donors (Lipinski definition) is 3. The molecule has 0 spiro atoms. The van der Waals surface area contributed by atoms with Crippen LogP contribution in [0.4, 0.5) is 5.82 Å². The largest absolute Gasteiger partial charge is 0.390 e. The molecule has 0 aliphatic carbocycles. The van der Waals surface area contributed by atoms with Crippen LogP contribution in [0.3, 0.4) is 0 Å². The van der Waals surface area contributed by atoms with Crippen LogP contribution in [0.2, 0.25) is 0 Å². The summed E-state index contributed by atoms with van der Waals surface area (Å²) in [7, 11) is 0. The topological polar surface area (TPSA) is 99.6 Å². The van der Waals surface area contributed by atoms with Crippen molar-refractivity contribution >= 4 is 11.7 Å². The summed E-state index contributed by atoms with van der Waals surface area (Å²) < 4.78 is 5.36. The lowest BCUT2D eigenvalue weighted by Crippen LogP contribution is -2.42. The Balaban J connectivity index is 1.24.